The lowest BCUT2D eigenvalue weighted by atomic mass is 10.0. The van der Waals surface area contributed by atoms with Gasteiger partial charge in [0.15, 0.2) is 0 Å². The summed E-state index contributed by atoms with van der Waals surface area (Å²) in [6.45, 7) is 3.47. The van der Waals surface area contributed by atoms with Crippen LogP contribution in [0.4, 0.5) is 5.69 Å². The number of fused-ring (bicyclic) bond motifs is 1. The first kappa shape index (κ1) is 28.8. The molecule has 0 spiro atoms. The number of sulfonamides is 1. The molecule has 1 amide bonds. The molecule has 5 rings (SSSR count). The monoisotopic (exact) mass is 582 g/mol. The molecule has 4 aromatic carbocycles. The summed E-state index contributed by atoms with van der Waals surface area (Å²) in [7, 11) is -2.73. The predicted molar refractivity (Wildman–Crippen MR) is 162 cm³/mol. The fraction of sp³-hybridized carbons (Fsp3) is 0.152. The average molecular weight is 583 g/mol. The quantitative estimate of drug-likeness (QED) is 0.192. The van der Waals surface area contributed by atoms with E-state index in [0.717, 1.165) is 27.6 Å². The van der Waals surface area contributed by atoms with Crippen molar-refractivity contribution in [2.45, 2.75) is 24.8 Å². The first-order valence-corrected chi connectivity index (χ1v) is 14.8. The number of para-hydroxylation sites is 1. The number of carbonyl (C=O) groups is 2. The largest absolute Gasteiger partial charge is 0.468 e. The third kappa shape index (κ3) is 5.97. The van der Waals surface area contributed by atoms with Crippen LogP contribution < -0.4 is 10.0 Å². The number of hydrogen-bond donors (Lipinski definition) is 2. The molecule has 214 valence electrons. The Labute approximate surface area is 244 Å². The maximum atomic E-state index is 13.3. The molecule has 0 aliphatic rings. The number of rotatable bonds is 9. The van der Waals surface area contributed by atoms with Crippen LogP contribution in [0.5, 0.6) is 0 Å². The summed E-state index contributed by atoms with van der Waals surface area (Å²) in [6, 6.07) is 29.7. The van der Waals surface area contributed by atoms with Crippen LogP contribution >= 0.6 is 0 Å². The Balaban J connectivity index is 1.33. The molecule has 1 unspecified atom stereocenters. The van der Waals surface area contributed by atoms with Crippen molar-refractivity contribution < 1.29 is 27.2 Å². The van der Waals surface area contributed by atoms with Crippen molar-refractivity contribution in [3.05, 3.63) is 109 Å². The molecular weight excluding hydrogens is 552 g/mol. The summed E-state index contributed by atoms with van der Waals surface area (Å²) < 4.78 is 38.9. The summed E-state index contributed by atoms with van der Waals surface area (Å²) in [5, 5.41) is 3.78. The zero-order valence-corrected chi connectivity index (χ0v) is 24.1. The molecule has 0 fully saturated rings. The van der Waals surface area contributed by atoms with Gasteiger partial charge in [-0.3, -0.25) is 9.59 Å². The van der Waals surface area contributed by atoms with Gasteiger partial charge >= 0.3 is 5.97 Å². The van der Waals surface area contributed by atoms with Crippen molar-refractivity contribution in [2.75, 3.05) is 12.4 Å². The average Bonchev–Trinajstić information content (AvgIpc) is 3.40. The minimum atomic E-state index is -3.95. The first-order valence-electron chi connectivity index (χ1n) is 13.4. The topological polar surface area (TPSA) is 115 Å². The van der Waals surface area contributed by atoms with Crippen LogP contribution in [0.2, 0.25) is 0 Å². The molecule has 5 aromatic rings. The van der Waals surface area contributed by atoms with Gasteiger partial charge < -0.3 is 14.5 Å². The minimum absolute atomic E-state index is 0.0322. The van der Waals surface area contributed by atoms with Crippen molar-refractivity contribution in [1.82, 2.24) is 4.72 Å². The number of esters is 1. The van der Waals surface area contributed by atoms with Crippen molar-refractivity contribution in [3.8, 4) is 22.3 Å². The number of methoxy groups -OCH3 is 1. The highest BCUT2D eigenvalue weighted by Gasteiger charge is 2.29. The second kappa shape index (κ2) is 12.0. The van der Waals surface area contributed by atoms with E-state index in [9.17, 15) is 18.0 Å². The molecule has 2 N–H and O–H groups in total. The van der Waals surface area contributed by atoms with Gasteiger partial charge in [0, 0.05) is 16.6 Å². The number of ether oxygens (including phenoxy) is 1. The summed E-state index contributed by atoms with van der Waals surface area (Å²) in [6.07, 6.45) is 0. The highest BCUT2D eigenvalue weighted by atomic mass is 32.2. The smallest absolute Gasteiger partial charge is 0.324 e. The van der Waals surface area contributed by atoms with E-state index in [0.29, 0.717) is 11.3 Å². The lowest BCUT2D eigenvalue weighted by Gasteiger charge is -2.19. The molecule has 0 saturated heterocycles. The van der Waals surface area contributed by atoms with Gasteiger partial charge in [0.1, 0.15) is 11.6 Å². The number of amides is 1. The van der Waals surface area contributed by atoms with Gasteiger partial charge in [-0.25, -0.2) is 8.42 Å². The second-order valence-electron chi connectivity index (χ2n) is 10.1. The molecule has 8 nitrogen and oxygen atoms in total. The lowest BCUT2D eigenvalue weighted by molar-refractivity contribution is -0.143. The van der Waals surface area contributed by atoms with E-state index < -0.39 is 22.0 Å². The van der Waals surface area contributed by atoms with Gasteiger partial charge in [-0.15, -0.1) is 0 Å². The Morgan fingerprint density at radius 3 is 1.98 bits per heavy atom. The molecule has 0 aliphatic carbocycles. The van der Waals surface area contributed by atoms with Crippen LogP contribution in [-0.2, 0) is 19.6 Å². The second-order valence-corrected chi connectivity index (χ2v) is 11.8. The maximum Gasteiger partial charge on any atom is 0.324 e. The van der Waals surface area contributed by atoms with Gasteiger partial charge in [-0.2, -0.15) is 4.72 Å². The number of benzene rings is 4. The summed E-state index contributed by atoms with van der Waals surface area (Å²) in [5.74, 6) is -1.08. The lowest BCUT2D eigenvalue weighted by Crippen LogP contribution is -2.44. The van der Waals surface area contributed by atoms with Gasteiger partial charge in [0.05, 0.1) is 12.0 Å². The molecule has 0 aliphatic heterocycles. The Bertz CT molecular complexity index is 1830. The summed E-state index contributed by atoms with van der Waals surface area (Å²) in [4.78, 5) is 25.4. The Hall–Kier alpha value is -4.73. The number of anilines is 1. The number of furan rings is 1. The number of carbonyl (C=O) groups excluding carboxylic acids is 2. The van der Waals surface area contributed by atoms with E-state index in [1.54, 1.807) is 38.1 Å². The molecule has 9 heteroatoms. The van der Waals surface area contributed by atoms with Gasteiger partial charge in [-0.05, 0) is 52.9 Å². The van der Waals surface area contributed by atoms with Crippen LogP contribution in [0.3, 0.4) is 0 Å². The highest BCUT2D eigenvalue weighted by Crippen LogP contribution is 2.35. The van der Waals surface area contributed by atoms with Crippen molar-refractivity contribution in [1.29, 1.82) is 0 Å². The Morgan fingerprint density at radius 1 is 0.762 bits per heavy atom. The van der Waals surface area contributed by atoms with Crippen LogP contribution in [0.1, 0.15) is 24.4 Å². The van der Waals surface area contributed by atoms with E-state index >= 15 is 0 Å². The molecule has 1 atom stereocenters. The van der Waals surface area contributed by atoms with E-state index in [1.807, 2.05) is 66.7 Å². The van der Waals surface area contributed by atoms with Crippen molar-refractivity contribution in [2.24, 2.45) is 5.92 Å². The van der Waals surface area contributed by atoms with Gasteiger partial charge in [-0.1, -0.05) is 86.6 Å². The first-order chi connectivity index (χ1) is 20.2. The Morgan fingerprint density at radius 2 is 1.36 bits per heavy atom. The van der Waals surface area contributed by atoms with Crippen LogP contribution in [0, 0.1) is 5.92 Å². The van der Waals surface area contributed by atoms with Crippen LogP contribution in [0.15, 0.2) is 112 Å². The standard InChI is InChI=1S/C33H30N2O6S/c1-21(2)30(33(37)40-3)35-42(38,39)26-19-15-23(16-20-26)22-13-17-25(18-14-22)34-32(36)31-29(24-9-5-4-6-10-24)27-11-7-8-12-28(27)41-31/h4-21,30,35H,1-3H3,(H,34,36). The van der Waals surface area contributed by atoms with E-state index in [4.69, 9.17) is 9.15 Å². The summed E-state index contributed by atoms with van der Waals surface area (Å²) >= 11 is 0. The maximum absolute atomic E-state index is 13.3. The van der Waals surface area contributed by atoms with Crippen LogP contribution in [0.25, 0.3) is 33.2 Å². The molecule has 0 radical (unpaired) electrons. The molecule has 1 aromatic heterocycles. The van der Waals surface area contributed by atoms with E-state index in [2.05, 4.69) is 10.0 Å². The molecule has 0 bridgehead atoms. The van der Waals surface area contributed by atoms with Crippen molar-refractivity contribution in [3.63, 3.8) is 0 Å². The normalized spacial score (nSPS) is 12.3. The predicted octanol–water partition coefficient (Wildman–Crippen LogP) is 6.50. The molecule has 1 heterocycles. The highest BCUT2D eigenvalue weighted by molar-refractivity contribution is 7.89. The van der Waals surface area contributed by atoms with Crippen molar-refractivity contribution >= 4 is 38.6 Å². The van der Waals surface area contributed by atoms with Gasteiger partial charge in [0.25, 0.3) is 5.91 Å². The number of hydrogen-bond acceptors (Lipinski definition) is 6. The van der Waals surface area contributed by atoms with Gasteiger partial charge in [0.2, 0.25) is 15.8 Å². The SMILES string of the molecule is COC(=O)C(NS(=O)(=O)c1ccc(-c2ccc(NC(=O)c3oc4ccccc4c3-c3ccccc3)cc2)cc1)C(C)C. The molecule has 42 heavy (non-hydrogen) atoms. The Kier molecular flexibility index (Phi) is 8.24. The zero-order valence-electron chi connectivity index (χ0n) is 23.3. The van der Waals surface area contributed by atoms with E-state index in [1.165, 1.54) is 19.2 Å². The molecule has 0 saturated carbocycles. The minimum Gasteiger partial charge on any atom is -0.468 e. The third-order valence-electron chi connectivity index (χ3n) is 6.91. The fourth-order valence-electron chi connectivity index (χ4n) is 4.68. The van der Waals surface area contributed by atoms with Crippen LogP contribution in [-0.4, -0.2) is 33.4 Å². The third-order valence-corrected chi connectivity index (χ3v) is 8.37. The zero-order chi connectivity index (χ0) is 29.9. The van der Waals surface area contributed by atoms with E-state index in [-0.39, 0.29) is 22.5 Å². The number of nitrogens with one attached hydrogen (secondary N) is 2. The summed E-state index contributed by atoms with van der Waals surface area (Å²) in [5.41, 5.74) is 4.43. The fourth-order valence-corrected chi connectivity index (χ4v) is 6.01. The molecular formula is C33H30N2O6S.